The van der Waals surface area contributed by atoms with Crippen molar-refractivity contribution in [2.45, 2.75) is 110 Å². The first-order chi connectivity index (χ1) is 28.9. The van der Waals surface area contributed by atoms with Crippen molar-refractivity contribution in [2.75, 3.05) is 178 Å². The van der Waals surface area contributed by atoms with Gasteiger partial charge in [0.25, 0.3) is 0 Å². The summed E-state index contributed by atoms with van der Waals surface area (Å²) in [6, 6.07) is 0. The molecular formula is C44H89ClO13. The van der Waals surface area contributed by atoms with Crippen LogP contribution in [0.15, 0.2) is 0 Å². The fraction of sp³-hybridized carbons (Fsp3) is 1.00. The van der Waals surface area contributed by atoms with Gasteiger partial charge in [0, 0.05) is 12.5 Å². The van der Waals surface area contributed by atoms with Gasteiger partial charge in [0.2, 0.25) is 0 Å². The predicted octanol–water partition coefficient (Wildman–Crippen LogP) is 7.70. The van der Waals surface area contributed by atoms with Gasteiger partial charge in [-0.2, -0.15) is 0 Å². The number of rotatable bonds is 55. The van der Waals surface area contributed by atoms with E-state index in [0.717, 1.165) is 13.0 Å². The first kappa shape index (κ1) is 57.8. The maximum absolute atomic E-state index is 5.70. The largest absolute Gasteiger partial charge is 0.379 e. The number of hydrogen-bond donors (Lipinski definition) is 0. The molecule has 350 valence electrons. The molecule has 0 unspecified atom stereocenters. The number of unbranched alkanes of at least 4 members (excludes halogenated alkanes) is 15. The van der Waals surface area contributed by atoms with Gasteiger partial charge in [-0.1, -0.05) is 103 Å². The van der Waals surface area contributed by atoms with Crippen LogP contribution in [0.3, 0.4) is 0 Å². The second-order valence-corrected chi connectivity index (χ2v) is 14.3. The van der Waals surface area contributed by atoms with Gasteiger partial charge in [0.15, 0.2) is 0 Å². The lowest BCUT2D eigenvalue weighted by atomic mass is 10.0. The topological polar surface area (TPSA) is 120 Å². The summed E-state index contributed by atoms with van der Waals surface area (Å²) in [6.45, 7) is 16.5. The van der Waals surface area contributed by atoms with Crippen molar-refractivity contribution in [3.8, 4) is 0 Å². The van der Waals surface area contributed by atoms with Crippen LogP contribution in [0.1, 0.15) is 110 Å². The van der Waals surface area contributed by atoms with Gasteiger partial charge in [-0.25, -0.2) is 0 Å². The summed E-state index contributed by atoms with van der Waals surface area (Å²) in [4.78, 5) is 0. The van der Waals surface area contributed by atoms with Crippen molar-refractivity contribution in [1.82, 2.24) is 0 Å². The Morgan fingerprint density at radius 1 is 0.190 bits per heavy atom. The molecule has 0 aliphatic rings. The Kier molecular flexibility index (Phi) is 56.5. The summed E-state index contributed by atoms with van der Waals surface area (Å²) in [7, 11) is 0. The molecule has 0 spiro atoms. The third-order valence-electron chi connectivity index (χ3n) is 8.83. The molecule has 0 amide bonds. The molecule has 0 saturated carbocycles. The van der Waals surface area contributed by atoms with E-state index in [1.165, 1.54) is 96.3 Å². The van der Waals surface area contributed by atoms with Crippen LogP contribution in [0.5, 0.6) is 0 Å². The summed E-state index contributed by atoms with van der Waals surface area (Å²) < 4.78 is 71.4. The lowest BCUT2D eigenvalue weighted by Crippen LogP contribution is -2.15. The Morgan fingerprint density at radius 2 is 0.345 bits per heavy atom. The second-order valence-electron chi connectivity index (χ2n) is 14.0. The molecule has 58 heavy (non-hydrogen) atoms. The van der Waals surface area contributed by atoms with E-state index < -0.39 is 0 Å². The highest BCUT2D eigenvalue weighted by Gasteiger charge is 1.99. The average molecular weight is 862 g/mol. The van der Waals surface area contributed by atoms with Gasteiger partial charge in [-0.3, -0.25) is 0 Å². The fourth-order valence-electron chi connectivity index (χ4n) is 5.55. The van der Waals surface area contributed by atoms with Crippen LogP contribution in [-0.2, 0) is 61.6 Å². The highest BCUT2D eigenvalue weighted by Crippen LogP contribution is 2.13. The summed E-state index contributed by atoms with van der Waals surface area (Å²) in [5, 5.41) is 0. The standard InChI is InChI=1S/C44H89ClO13/c1-2-3-4-5-6-7-8-9-10-11-12-13-14-15-16-17-19-46-21-23-48-25-27-50-29-31-52-33-35-54-37-39-56-41-43-58-44-42-57-40-38-55-36-34-53-32-30-51-28-26-49-24-22-47-20-18-45/h2-44H2,1H3. The van der Waals surface area contributed by atoms with Gasteiger partial charge in [0.05, 0.1) is 165 Å². The second kappa shape index (κ2) is 56.8. The molecule has 14 heteroatoms. The summed E-state index contributed by atoms with van der Waals surface area (Å²) in [5.41, 5.74) is 0. The minimum atomic E-state index is 0.498. The van der Waals surface area contributed by atoms with E-state index >= 15 is 0 Å². The molecule has 0 aliphatic heterocycles. The molecule has 0 aromatic heterocycles. The molecular weight excluding hydrogens is 772 g/mol. The van der Waals surface area contributed by atoms with Crippen LogP contribution < -0.4 is 0 Å². The van der Waals surface area contributed by atoms with Gasteiger partial charge in [0.1, 0.15) is 0 Å². The molecule has 0 aliphatic carbocycles. The molecule has 0 bridgehead atoms. The first-order valence-corrected chi connectivity index (χ1v) is 23.5. The van der Waals surface area contributed by atoms with E-state index in [4.69, 9.17) is 73.2 Å². The van der Waals surface area contributed by atoms with E-state index in [1.807, 2.05) is 0 Å². The van der Waals surface area contributed by atoms with Gasteiger partial charge < -0.3 is 61.6 Å². The van der Waals surface area contributed by atoms with Crippen molar-refractivity contribution >= 4 is 11.6 Å². The van der Waals surface area contributed by atoms with E-state index in [0.29, 0.717) is 171 Å². The van der Waals surface area contributed by atoms with Crippen LogP contribution in [0.25, 0.3) is 0 Å². The smallest absolute Gasteiger partial charge is 0.0701 e. The molecule has 13 nitrogen and oxygen atoms in total. The van der Waals surface area contributed by atoms with Crippen LogP contribution in [0.2, 0.25) is 0 Å². The minimum Gasteiger partial charge on any atom is -0.379 e. The third-order valence-corrected chi connectivity index (χ3v) is 8.98. The molecule has 0 atom stereocenters. The predicted molar refractivity (Wildman–Crippen MR) is 231 cm³/mol. The average Bonchev–Trinajstić information content (AvgIpc) is 3.23. The summed E-state index contributed by atoms with van der Waals surface area (Å²) >= 11 is 5.52. The Morgan fingerprint density at radius 3 is 0.534 bits per heavy atom. The molecule has 0 rings (SSSR count). The first-order valence-electron chi connectivity index (χ1n) is 23.0. The monoisotopic (exact) mass is 861 g/mol. The zero-order valence-electron chi connectivity index (χ0n) is 37.1. The Bertz CT molecular complexity index is 646. The zero-order valence-corrected chi connectivity index (χ0v) is 37.8. The Balaban J connectivity index is 3.05. The molecule has 0 radical (unpaired) electrons. The molecule has 0 aromatic carbocycles. The van der Waals surface area contributed by atoms with Crippen LogP contribution >= 0.6 is 11.6 Å². The normalized spacial score (nSPS) is 11.7. The SMILES string of the molecule is CCCCCCCCCCCCCCCCCCOCCOCCOCCOCCOCCOCCOCCOCCOCCOCCOCCOCCOCCCl. The maximum atomic E-state index is 5.70. The van der Waals surface area contributed by atoms with Crippen molar-refractivity contribution in [1.29, 1.82) is 0 Å². The van der Waals surface area contributed by atoms with Crippen LogP contribution in [0, 0.1) is 0 Å². The molecule has 0 aromatic rings. The summed E-state index contributed by atoms with van der Waals surface area (Å²) in [6.07, 6.45) is 22.2. The molecule has 0 fully saturated rings. The lowest BCUT2D eigenvalue weighted by molar-refractivity contribution is -0.0289. The minimum absolute atomic E-state index is 0.498. The van der Waals surface area contributed by atoms with Gasteiger partial charge in [-0.15, -0.1) is 11.6 Å². The highest BCUT2D eigenvalue weighted by atomic mass is 35.5. The number of alkyl halides is 1. The highest BCUT2D eigenvalue weighted by molar-refractivity contribution is 6.17. The van der Waals surface area contributed by atoms with E-state index in [1.54, 1.807) is 0 Å². The number of ether oxygens (including phenoxy) is 13. The third kappa shape index (κ3) is 55.8. The van der Waals surface area contributed by atoms with Crippen molar-refractivity contribution in [2.24, 2.45) is 0 Å². The Hall–Kier alpha value is -0.230. The summed E-state index contributed by atoms with van der Waals surface area (Å²) in [5.74, 6) is 0.498. The zero-order chi connectivity index (χ0) is 41.6. The maximum Gasteiger partial charge on any atom is 0.0701 e. The van der Waals surface area contributed by atoms with Gasteiger partial charge in [-0.05, 0) is 6.42 Å². The molecule has 0 saturated heterocycles. The number of hydrogen-bond acceptors (Lipinski definition) is 13. The number of halogens is 1. The molecule has 0 heterocycles. The quantitative estimate of drug-likeness (QED) is 0.0440. The van der Waals surface area contributed by atoms with Gasteiger partial charge >= 0.3 is 0 Å². The van der Waals surface area contributed by atoms with E-state index in [2.05, 4.69) is 6.92 Å². The van der Waals surface area contributed by atoms with Crippen LogP contribution in [-0.4, -0.2) is 178 Å². The lowest BCUT2D eigenvalue weighted by Gasteiger charge is -2.09. The Labute approximate surface area is 359 Å². The fourth-order valence-corrected chi connectivity index (χ4v) is 5.66. The van der Waals surface area contributed by atoms with Crippen molar-refractivity contribution < 1.29 is 61.6 Å². The van der Waals surface area contributed by atoms with Crippen molar-refractivity contribution in [3.63, 3.8) is 0 Å². The van der Waals surface area contributed by atoms with Crippen LogP contribution in [0.4, 0.5) is 0 Å². The van der Waals surface area contributed by atoms with E-state index in [9.17, 15) is 0 Å². The van der Waals surface area contributed by atoms with Crippen molar-refractivity contribution in [3.05, 3.63) is 0 Å². The van der Waals surface area contributed by atoms with E-state index in [-0.39, 0.29) is 0 Å². The molecule has 0 N–H and O–H groups in total.